The Hall–Kier alpha value is -3.49. The summed E-state index contributed by atoms with van der Waals surface area (Å²) in [6, 6.07) is 15.3. The van der Waals surface area contributed by atoms with Crippen LogP contribution in [0, 0.1) is 5.41 Å². The first kappa shape index (κ1) is 22.7. The van der Waals surface area contributed by atoms with Crippen LogP contribution in [-0.2, 0) is 4.79 Å². The topological polar surface area (TPSA) is 110 Å². The number of rotatable bonds is 6. The number of benzene rings is 2. The van der Waals surface area contributed by atoms with Gasteiger partial charge in [-0.2, -0.15) is 5.10 Å². The van der Waals surface area contributed by atoms with Crippen molar-refractivity contribution in [2.75, 3.05) is 39.4 Å². The second kappa shape index (κ2) is 9.56. The van der Waals surface area contributed by atoms with E-state index in [1.54, 1.807) is 21.9 Å². The third-order valence-electron chi connectivity index (χ3n) is 6.16. The molecular weight excluding hydrogens is 420 g/mol. The predicted octanol–water partition coefficient (Wildman–Crippen LogP) is 2.01. The molecule has 1 aliphatic heterocycles. The van der Waals surface area contributed by atoms with Crippen LogP contribution in [0.25, 0.3) is 23.1 Å². The van der Waals surface area contributed by atoms with Gasteiger partial charge in [0.15, 0.2) is 0 Å². The summed E-state index contributed by atoms with van der Waals surface area (Å²) >= 11 is 0. The average Bonchev–Trinajstić information content (AvgIpc) is 3.29. The Morgan fingerprint density at radius 1 is 0.970 bits per heavy atom. The van der Waals surface area contributed by atoms with Crippen LogP contribution in [-0.4, -0.2) is 81.4 Å². The molecule has 2 aromatic carbocycles. The molecule has 8 nitrogen and oxygen atoms in total. The fourth-order valence-electron chi connectivity index (χ4n) is 3.89. The number of piperazine rings is 1. The summed E-state index contributed by atoms with van der Waals surface area (Å²) in [5.41, 5.74) is 2.19. The summed E-state index contributed by atoms with van der Waals surface area (Å²) in [7, 11) is 0. The van der Waals surface area contributed by atoms with Crippen molar-refractivity contribution >= 4 is 34.9 Å². The SMILES string of the molecule is CC(CO)(CO)C(=O)N1CCN(C(=O)c2ccc(/C=C/c3n[nH]c4ccccc34)cc2)CC1. The zero-order valence-corrected chi connectivity index (χ0v) is 18.6. The quantitative estimate of drug-likeness (QED) is 0.534. The maximum atomic E-state index is 12.9. The van der Waals surface area contributed by atoms with Crippen LogP contribution in [0.2, 0.25) is 0 Å². The largest absolute Gasteiger partial charge is 0.395 e. The number of aromatic nitrogens is 2. The average molecular weight is 449 g/mol. The third kappa shape index (κ3) is 4.67. The zero-order valence-electron chi connectivity index (χ0n) is 18.6. The van der Waals surface area contributed by atoms with Gasteiger partial charge in [0, 0.05) is 37.1 Å². The van der Waals surface area contributed by atoms with Gasteiger partial charge in [-0.25, -0.2) is 0 Å². The molecule has 1 saturated heterocycles. The summed E-state index contributed by atoms with van der Waals surface area (Å²) in [5.74, 6) is -0.372. The van der Waals surface area contributed by atoms with E-state index >= 15 is 0 Å². The number of aliphatic hydroxyl groups excluding tert-OH is 2. The first-order chi connectivity index (χ1) is 15.9. The minimum atomic E-state index is -1.20. The first-order valence-corrected chi connectivity index (χ1v) is 11.0. The highest BCUT2D eigenvalue weighted by Crippen LogP contribution is 2.21. The first-order valence-electron chi connectivity index (χ1n) is 11.0. The van der Waals surface area contributed by atoms with Crippen molar-refractivity contribution in [3.8, 4) is 0 Å². The van der Waals surface area contributed by atoms with E-state index in [-0.39, 0.29) is 11.8 Å². The third-order valence-corrected chi connectivity index (χ3v) is 6.16. The Morgan fingerprint density at radius 2 is 1.61 bits per heavy atom. The van der Waals surface area contributed by atoms with Crippen LogP contribution < -0.4 is 0 Å². The number of para-hydroxylation sites is 1. The number of aromatic amines is 1. The number of carbonyl (C=O) groups is 2. The van der Waals surface area contributed by atoms with Crippen LogP contribution in [0.3, 0.4) is 0 Å². The van der Waals surface area contributed by atoms with Gasteiger partial charge in [0.25, 0.3) is 5.91 Å². The molecule has 172 valence electrons. The van der Waals surface area contributed by atoms with Gasteiger partial charge in [-0.1, -0.05) is 36.4 Å². The number of nitrogens with one attached hydrogen (secondary N) is 1. The lowest BCUT2D eigenvalue weighted by Crippen LogP contribution is -2.55. The minimum absolute atomic E-state index is 0.0806. The highest BCUT2D eigenvalue weighted by molar-refractivity contribution is 5.95. The minimum Gasteiger partial charge on any atom is -0.395 e. The molecule has 0 aliphatic carbocycles. The van der Waals surface area contributed by atoms with Crippen molar-refractivity contribution in [1.29, 1.82) is 0 Å². The van der Waals surface area contributed by atoms with E-state index in [9.17, 15) is 19.8 Å². The Bertz CT molecular complexity index is 1160. The van der Waals surface area contributed by atoms with Crippen LogP contribution in [0.1, 0.15) is 28.5 Å². The van der Waals surface area contributed by atoms with E-state index in [0.29, 0.717) is 31.7 Å². The molecule has 1 aromatic heterocycles. The Labute approximate surface area is 192 Å². The molecule has 33 heavy (non-hydrogen) atoms. The molecule has 0 unspecified atom stereocenters. The van der Waals surface area contributed by atoms with Crippen LogP contribution in [0.4, 0.5) is 0 Å². The van der Waals surface area contributed by atoms with Crippen molar-refractivity contribution in [3.63, 3.8) is 0 Å². The Morgan fingerprint density at radius 3 is 2.27 bits per heavy atom. The molecule has 4 rings (SSSR count). The Kier molecular flexibility index (Phi) is 6.57. The normalized spacial score (nSPS) is 14.9. The summed E-state index contributed by atoms with van der Waals surface area (Å²) < 4.78 is 0. The van der Waals surface area contributed by atoms with Crippen LogP contribution in [0.15, 0.2) is 48.5 Å². The molecule has 3 aromatic rings. The van der Waals surface area contributed by atoms with Crippen molar-refractivity contribution in [2.45, 2.75) is 6.92 Å². The Balaban J connectivity index is 1.36. The standard InChI is InChI=1S/C25H28N4O4/c1-25(16-30,17-31)24(33)29-14-12-28(13-15-29)23(32)19-9-6-18(7-10-19)8-11-22-20-4-2-3-5-21(20)26-27-22/h2-11,30-31H,12-17H2,1H3,(H,26,27)/b11-8+. The summed E-state index contributed by atoms with van der Waals surface area (Å²) in [6.07, 6.45) is 3.90. The number of aliphatic hydroxyl groups is 2. The zero-order chi connectivity index (χ0) is 23.4. The molecule has 2 amide bonds. The van der Waals surface area contributed by atoms with E-state index in [0.717, 1.165) is 22.2 Å². The van der Waals surface area contributed by atoms with Crippen LogP contribution in [0.5, 0.6) is 0 Å². The van der Waals surface area contributed by atoms with Gasteiger partial charge in [-0.05, 0) is 36.8 Å². The van der Waals surface area contributed by atoms with E-state index in [1.165, 1.54) is 6.92 Å². The van der Waals surface area contributed by atoms with Gasteiger partial charge in [-0.3, -0.25) is 14.7 Å². The maximum Gasteiger partial charge on any atom is 0.253 e. The number of nitrogens with zero attached hydrogens (tertiary/aromatic N) is 3. The summed E-state index contributed by atoms with van der Waals surface area (Å²) in [6.45, 7) is 2.27. The highest BCUT2D eigenvalue weighted by Gasteiger charge is 2.37. The second-order valence-electron chi connectivity index (χ2n) is 8.57. The number of fused-ring (bicyclic) bond motifs is 1. The monoisotopic (exact) mass is 448 g/mol. The number of amides is 2. The number of hydrogen-bond acceptors (Lipinski definition) is 5. The molecule has 2 heterocycles. The van der Waals surface area contributed by atoms with E-state index in [1.807, 2.05) is 48.6 Å². The molecule has 0 atom stereocenters. The fourth-order valence-corrected chi connectivity index (χ4v) is 3.89. The van der Waals surface area contributed by atoms with Crippen molar-refractivity contribution in [2.24, 2.45) is 5.41 Å². The van der Waals surface area contributed by atoms with Gasteiger partial charge in [0.2, 0.25) is 5.91 Å². The summed E-state index contributed by atoms with van der Waals surface area (Å²) in [4.78, 5) is 28.8. The van der Waals surface area contributed by atoms with Crippen molar-refractivity contribution in [3.05, 3.63) is 65.4 Å². The second-order valence-corrected chi connectivity index (χ2v) is 8.57. The number of hydrogen-bond donors (Lipinski definition) is 3. The lowest BCUT2D eigenvalue weighted by Gasteiger charge is -2.38. The van der Waals surface area contributed by atoms with Gasteiger partial charge < -0.3 is 20.0 Å². The van der Waals surface area contributed by atoms with Crippen LogP contribution >= 0.6 is 0 Å². The van der Waals surface area contributed by atoms with Crippen molar-refractivity contribution < 1.29 is 19.8 Å². The lowest BCUT2D eigenvalue weighted by molar-refractivity contribution is -0.147. The molecular formula is C25H28N4O4. The van der Waals surface area contributed by atoms with Gasteiger partial charge in [-0.15, -0.1) is 0 Å². The number of carbonyl (C=O) groups excluding carboxylic acids is 2. The van der Waals surface area contributed by atoms with Gasteiger partial charge in [0.1, 0.15) is 0 Å². The lowest BCUT2D eigenvalue weighted by atomic mass is 9.91. The molecule has 8 heteroatoms. The molecule has 1 fully saturated rings. The number of H-pyrrole nitrogens is 1. The molecule has 0 radical (unpaired) electrons. The van der Waals surface area contributed by atoms with Gasteiger partial charge in [0.05, 0.1) is 29.8 Å². The van der Waals surface area contributed by atoms with E-state index in [2.05, 4.69) is 10.2 Å². The predicted molar refractivity (Wildman–Crippen MR) is 126 cm³/mol. The fraction of sp³-hybridized carbons (Fsp3) is 0.320. The maximum absolute atomic E-state index is 12.9. The molecule has 0 spiro atoms. The molecule has 1 aliphatic rings. The van der Waals surface area contributed by atoms with E-state index in [4.69, 9.17) is 0 Å². The van der Waals surface area contributed by atoms with Gasteiger partial charge >= 0.3 is 0 Å². The smallest absolute Gasteiger partial charge is 0.253 e. The van der Waals surface area contributed by atoms with Crippen molar-refractivity contribution in [1.82, 2.24) is 20.0 Å². The molecule has 3 N–H and O–H groups in total. The van der Waals surface area contributed by atoms with E-state index < -0.39 is 18.6 Å². The highest BCUT2D eigenvalue weighted by atomic mass is 16.3. The molecule has 0 saturated carbocycles. The summed E-state index contributed by atoms with van der Waals surface area (Å²) in [5, 5.41) is 27.3. The molecule has 0 bridgehead atoms.